The Hall–Kier alpha value is -8.09. The molecule has 564 valence electrons. The SMILES string of the molecule is CC[C@H](C)[C@H](NC(=O)[C@H](CCCCN)NC(=O)[C@H](CCCCN)NC(=O)[C@H](Cc1cnc[nH]1)NC(=O)[C@H](CC(C)C)NC(=O)[C@H](CCCCN)NC(=O)[C@H](Cc1ccccc1)NC(C)=O)C(=O)N[C@@H](CC(C)C)C(=O)N[C@@H](CCCCN)C(=O)N[C@H](C(=O)N[C@@H](CC(C)C)C(N)=O)C(C)C. The highest BCUT2D eigenvalue weighted by Gasteiger charge is 2.38. The Bertz CT molecular complexity index is 2850. The Kier molecular flexibility index (Phi) is 42.1. The highest BCUT2D eigenvalue weighted by Crippen LogP contribution is 2.17. The second kappa shape index (κ2) is 47.9. The minimum atomic E-state index is -1.39. The van der Waals surface area contributed by atoms with Crippen LogP contribution in [-0.4, -0.2) is 173 Å². The first-order chi connectivity index (χ1) is 47.4. The molecule has 0 saturated heterocycles. The van der Waals surface area contributed by atoms with Crippen molar-refractivity contribution in [3.63, 3.8) is 0 Å². The third-order valence-electron chi connectivity index (χ3n) is 17.0. The Morgan fingerprint density at radius 2 is 0.730 bits per heavy atom. The van der Waals surface area contributed by atoms with E-state index in [4.69, 9.17) is 28.7 Å². The quantitative estimate of drug-likeness (QED) is 0.0398. The highest BCUT2D eigenvalue weighted by atomic mass is 16.2. The van der Waals surface area contributed by atoms with Crippen LogP contribution in [0.3, 0.4) is 0 Å². The van der Waals surface area contributed by atoms with Crippen LogP contribution in [0.4, 0.5) is 0 Å². The van der Waals surface area contributed by atoms with Gasteiger partial charge in [-0.3, -0.25) is 57.5 Å². The van der Waals surface area contributed by atoms with E-state index in [1.807, 2.05) is 54.5 Å². The summed E-state index contributed by atoms with van der Waals surface area (Å²) < 4.78 is 0. The Labute approximate surface area is 591 Å². The number of unbranched alkanes of at least 4 members (excludes halogenated alkanes) is 4. The maximum absolute atomic E-state index is 14.8. The van der Waals surface area contributed by atoms with Gasteiger partial charge in [0.2, 0.25) is 70.9 Å². The number of carbonyl (C=O) groups is 12. The molecule has 0 unspecified atom stereocenters. The number of carbonyl (C=O) groups excluding carboxylic acids is 12. The van der Waals surface area contributed by atoms with E-state index in [0.29, 0.717) is 76.6 Å². The molecule has 0 fully saturated rings. The van der Waals surface area contributed by atoms with Crippen LogP contribution in [0.5, 0.6) is 0 Å². The second-order valence-electron chi connectivity index (χ2n) is 27.7. The van der Waals surface area contributed by atoms with Crippen LogP contribution in [0.15, 0.2) is 42.9 Å². The monoisotopic (exact) mass is 1410 g/mol. The molecule has 30 heteroatoms. The molecule has 12 amide bonds. The average molecular weight is 1410 g/mol. The summed E-state index contributed by atoms with van der Waals surface area (Å²) in [6.07, 6.45) is 7.43. The first kappa shape index (κ1) is 88.0. The molecule has 22 N–H and O–H groups in total. The number of nitrogens with one attached hydrogen (secondary N) is 12. The molecule has 2 aromatic rings. The summed E-state index contributed by atoms with van der Waals surface area (Å²) in [5, 5.41) is 30.6. The Morgan fingerprint density at radius 3 is 1.09 bits per heavy atom. The van der Waals surface area contributed by atoms with E-state index in [0.717, 1.165) is 5.56 Å². The predicted molar refractivity (Wildman–Crippen MR) is 383 cm³/mol. The fourth-order valence-corrected chi connectivity index (χ4v) is 11.2. The first-order valence-electron chi connectivity index (χ1n) is 35.8. The van der Waals surface area contributed by atoms with Gasteiger partial charge >= 0.3 is 0 Å². The van der Waals surface area contributed by atoms with Gasteiger partial charge in [0.1, 0.15) is 66.5 Å². The lowest BCUT2D eigenvalue weighted by molar-refractivity contribution is -0.137. The summed E-state index contributed by atoms with van der Waals surface area (Å²) in [5.74, 6) is -9.70. The third-order valence-corrected chi connectivity index (χ3v) is 17.0. The van der Waals surface area contributed by atoms with Crippen molar-refractivity contribution < 1.29 is 57.5 Å². The van der Waals surface area contributed by atoms with Crippen molar-refractivity contribution in [2.75, 3.05) is 26.2 Å². The van der Waals surface area contributed by atoms with E-state index in [1.165, 1.54) is 19.4 Å². The van der Waals surface area contributed by atoms with Crippen molar-refractivity contribution in [3.05, 3.63) is 54.1 Å². The minimum absolute atomic E-state index is 0.0128. The van der Waals surface area contributed by atoms with E-state index in [-0.39, 0.29) is 88.6 Å². The minimum Gasteiger partial charge on any atom is -0.368 e. The van der Waals surface area contributed by atoms with Crippen LogP contribution < -0.4 is 87.2 Å². The number of hydrogen-bond acceptors (Lipinski definition) is 17. The van der Waals surface area contributed by atoms with E-state index in [1.54, 1.807) is 45.0 Å². The molecule has 0 radical (unpaired) electrons. The molecule has 0 aliphatic carbocycles. The Balaban J connectivity index is 2.54. The summed E-state index contributed by atoms with van der Waals surface area (Å²) in [4.78, 5) is 176. The molecule has 1 heterocycles. The van der Waals surface area contributed by atoms with Crippen molar-refractivity contribution in [3.8, 4) is 0 Å². The molecule has 0 saturated carbocycles. The van der Waals surface area contributed by atoms with Crippen LogP contribution in [0.1, 0.15) is 190 Å². The van der Waals surface area contributed by atoms with Crippen LogP contribution in [0.2, 0.25) is 0 Å². The van der Waals surface area contributed by atoms with Crippen LogP contribution >= 0.6 is 0 Å². The lowest BCUT2D eigenvalue weighted by Crippen LogP contribution is -2.62. The number of imidazole rings is 1. The molecule has 1 aromatic heterocycles. The molecule has 1 aromatic carbocycles. The van der Waals surface area contributed by atoms with Crippen molar-refractivity contribution in [1.82, 2.24) is 68.5 Å². The zero-order chi connectivity index (χ0) is 75.0. The number of hydrogen-bond donors (Lipinski definition) is 17. The van der Waals surface area contributed by atoms with Crippen LogP contribution in [-0.2, 0) is 70.4 Å². The zero-order valence-electron chi connectivity index (χ0n) is 61.1. The number of primary amides is 1. The summed E-state index contributed by atoms with van der Waals surface area (Å²) in [7, 11) is 0. The summed E-state index contributed by atoms with van der Waals surface area (Å²) in [5.41, 5.74) is 30.3. The number of aromatic amines is 1. The van der Waals surface area contributed by atoms with Crippen LogP contribution in [0, 0.1) is 29.6 Å². The van der Waals surface area contributed by atoms with Crippen molar-refractivity contribution in [2.24, 2.45) is 58.3 Å². The van der Waals surface area contributed by atoms with E-state index in [2.05, 4.69) is 68.5 Å². The normalized spacial score (nSPS) is 15.0. The maximum atomic E-state index is 14.8. The van der Waals surface area contributed by atoms with Crippen molar-refractivity contribution in [1.29, 1.82) is 0 Å². The van der Waals surface area contributed by atoms with Gasteiger partial charge < -0.3 is 92.1 Å². The van der Waals surface area contributed by atoms with Gasteiger partial charge in [-0.05, 0) is 158 Å². The molecule has 0 bridgehead atoms. The Morgan fingerprint density at radius 1 is 0.400 bits per heavy atom. The van der Waals surface area contributed by atoms with Gasteiger partial charge in [0.05, 0.1) is 6.33 Å². The van der Waals surface area contributed by atoms with Crippen molar-refractivity contribution >= 4 is 70.9 Å². The van der Waals surface area contributed by atoms with Gasteiger partial charge in [-0.15, -0.1) is 0 Å². The zero-order valence-corrected chi connectivity index (χ0v) is 61.1. The van der Waals surface area contributed by atoms with Gasteiger partial charge in [0.25, 0.3) is 0 Å². The number of aromatic nitrogens is 2. The largest absolute Gasteiger partial charge is 0.368 e. The smallest absolute Gasteiger partial charge is 0.243 e. The lowest BCUT2D eigenvalue weighted by Gasteiger charge is -2.30. The summed E-state index contributed by atoms with van der Waals surface area (Å²) in [6, 6.07) is -4.26. The van der Waals surface area contributed by atoms with E-state index in [9.17, 15) is 57.5 Å². The maximum Gasteiger partial charge on any atom is 0.243 e. The molecular formula is C70H122N18O12. The summed E-state index contributed by atoms with van der Waals surface area (Å²) in [6.45, 7) is 20.5. The molecule has 100 heavy (non-hydrogen) atoms. The average Bonchev–Trinajstić information content (AvgIpc) is 0.970. The number of amides is 12. The number of rotatable bonds is 51. The first-order valence-corrected chi connectivity index (χ1v) is 35.8. The number of benzene rings is 1. The standard InChI is InChI=1S/C70H122N18O12/c1-12-45(10)59(70(100)86-55(36-43(6)7)65(95)82-51(28-18-22-32-73)63(93)87-58(44(8)9)69(99)83-53(60(75)90)34-41(2)3)88-64(94)52(29-19-23-33-74)79-61(91)49(26-16-20-30-71)81-68(98)57(38-48-39-76-40-77-48)85-66(96)54(35-42(4)5)84-62(92)50(27-17-21-31-72)80-67(97)56(78-46(11)89)37-47-24-14-13-15-25-47/h13-15,24-25,39-45,49-59H,12,16-23,26-38,71-74H2,1-11H3,(H2,75,90)(H,76,77)(H,78,89)(H,79,91)(H,80,97)(H,81,98)(H,82,95)(H,83,99)(H,84,92)(H,85,96)(H,86,100)(H,87,93)(H,88,94)/t45-,49-,50-,51-,52-,53-,54-,55-,56-,57-,58-,59-/m0/s1. The van der Waals surface area contributed by atoms with Gasteiger partial charge in [-0.2, -0.15) is 0 Å². The highest BCUT2D eigenvalue weighted by molar-refractivity contribution is 5.99. The van der Waals surface area contributed by atoms with Gasteiger partial charge in [-0.25, -0.2) is 4.98 Å². The molecule has 30 nitrogen and oxygen atoms in total. The molecule has 0 spiro atoms. The molecule has 2 rings (SSSR count). The molecular weight excluding hydrogens is 1280 g/mol. The third kappa shape index (κ3) is 33.8. The van der Waals surface area contributed by atoms with Gasteiger partial charge in [-0.1, -0.05) is 106 Å². The lowest BCUT2D eigenvalue weighted by atomic mass is 9.95. The van der Waals surface area contributed by atoms with Crippen molar-refractivity contribution in [2.45, 2.75) is 258 Å². The topological polar surface area (TPSA) is 496 Å². The molecule has 0 aliphatic rings. The second-order valence-corrected chi connectivity index (χ2v) is 27.7. The van der Waals surface area contributed by atoms with E-state index >= 15 is 0 Å². The van der Waals surface area contributed by atoms with Crippen LogP contribution in [0.25, 0.3) is 0 Å². The molecule has 0 aliphatic heterocycles. The number of nitrogens with zero attached hydrogens (tertiary/aromatic N) is 1. The fourth-order valence-electron chi connectivity index (χ4n) is 11.2. The predicted octanol–water partition coefficient (Wildman–Crippen LogP) is 0.389. The van der Waals surface area contributed by atoms with Gasteiger partial charge in [0.15, 0.2) is 0 Å². The van der Waals surface area contributed by atoms with E-state index < -0.39 is 149 Å². The summed E-state index contributed by atoms with van der Waals surface area (Å²) >= 11 is 0. The number of nitrogens with two attached hydrogens (primary N) is 5. The van der Waals surface area contributed by atoms with Gasteiger partial charge in [0, 0.05) is 31.7 Å². The number of H-pyrrole nitrogens is 1. The molecule has 12 atom stereocenters. The fraction of sp³-hybridized carbons (Fsp3) is 0.700.